The third kappa shape index (κ3) is 5.19. The highest BCUT2D eigenvalue weighted by atomic mass is 16.5. The van der Waals surface area contributed by atoms with Gasteiger partial charge in [0.1, 0.15) is 11.8 Å². The largest absolute Gasteiger partial charge is 0.496 e. The summed E-state index contributed by atoms with van der Waals surface area (Å²) in [4.78, 5) is 25.9. The van der Waals surface area contributed by atoms with Crippen LogP contribution in [0.1, 0.15) is 37.0 Å². The van der Waals surface area contributed by atoms with E-state index in [-0.39, 0.29) is 23.8 Å². The Hall–Kier alpha value is -2.86. The average Bonchev–Trinajstić information content (AvgIpc) is 2.80. The van der Waals surface area contributed by atoms with Crippen molar-refractivity contribution in [1.29, 1.82) is 0 Å². The van der Waals surface area contributed by atoms with E-state index in [2.05, 4.69) is 28.1 Å². The number of benzene rings is 2. The quantitative estimate of drug-likeness (QED) is 0.626. The van der Waals surface area contributed by atoms with Gasteiger partial charge >= 0.3 is 0 Å². The molecule has 0 unspecified atom stereocenters. The molecule has 3 rings (SSSR count). The molecule has 1 heterocycles. The van der Waals surface area contributed by atoms with Crippen molar-refractivity contribution >= 4 is 11.8 Å². The van der Waals surface area contributed by atoms with E-state index in [1.165, 1.54) is 11.1 Å². The first kappa shape index (κ1) is 21.8. The number of nitrogens with one attached hydrogen (secondary N) is 3. The topological polar surface area (TPSA) is 79.5 Å². The van der Waals surface area contributed by atoms with E-state index >= 15 is 0 Å². The van der Waals surface area contributed by atoms with Gasteiger partial charge in [-0.1, -0.05) is 62.7 Å². The van der Waals surface area contributed by atoms with Crippen LogP contribution in [0.3, 0.4) is 0 Å². The lowest BCUT2D eigenvalue weighted by molar-refractivity contribution is -0.131. The lowest BCUT2D eigenvalue weighted by Crippen LogP contribution is -2.56. The number of fused-ring (bicyclic) bond motifs is 1. The molecule has 2 amide bonds. The maximum atomic E-state index is 12.9. The molecular formula is C24H31N3O3. The zero-order valence-corrected chi connectivity index (χ0v) is 17.9. The number of carbonyl (C=O) groups excluding carboxylic acids is 2. The van der Waals surface area contributed by atoms with E-state index in [0.717, 1.165) is 17.7 Å². The van der Waals surface area contributed by atoms with Gasteiger partial charge in [0.2, 0.25) is 11.8 Å². The molecule has 1 aliphatic rings. The van der Waals surface area contributed by atoms with Gasteiger partial charge in [0.25, 0.3) is 0 Å². The van der Waals surface area contributed by atoms with Crippen LogP contribution >= 0.6 is 0 Å². The predicted octanol–water partition coefficient (Wildman–Crippen LogP) is 2.56. The Kier molecular flexibility index (Phi) is 7.46. The maximum absolute atomic E-state index is 12.9. The van der Waals surface area contributed by atoms with E-state index in [1.54, 1.807) is 7.11 Å². The minimum atomic E-state index is -0.587. The van der Waals surface area contributed by atoms with Gasteiger partial charge in [0, 0.05) is 18.7 Å². The van der Waals surface area contributed by atoms with Crippen LogP contribution in [0.15, 0.2) is 48.5 Å². The van der Waals surface area contributed by atoms with Crippen LogP contribution in [0, 0.1) is 5.92 Å². The Morgan fingerprint density at radius 1 is 1.13 bits per heavy atom. The van der Waals surface area contributed by atoms with Crippen molar-refractivity contribution in [1.82, 2.24) is 16.0 Å². The Morgan fingerprint density at radius 2 is 1.83 bits per heavy atom. The van der Waals surface area contributed by atoms with Gasteiger partial charge in [-0.15, -0.1) is 0 Å². The fourth-order valence-electron chi connectivity index (χ4n) is 3.74. The van der Waals surface area contributed by atoms with E-state index < -0.39 is 6.04 Å². The van der Waals surface area contributed by atoms with E-state index in [9.17, 15) is 9.59 Å². The van der Waals surface area contributed by atoms with Gasteiger partial charge in [-0.3, -0.25) is 9.59 Å². The third-order valence-corrected chi connectivity index (χ3v) is 5.84. The Balaban J connectivity index is 1.64. The summed E-state index contributed by atoms with van der Waals surface area (Å²) in [5.74, 6) is 0.427. The summed E-state index contributed by atoms with van der Waals surface area (Å²) in [6.45, 7) is 5.01. The minimum absolute atomic E-state index is 0.0162. The lowest BCUT2D eigenvalue weighted by atomic mass is 9.94. The summed E-state index contributed by atoms with van der Waals surface area (Å²) in [5.41, 5.74) is 3.29. The number of ether oxygens (including phenoxy) is 1. The molecule has 2 aromatic carbocycles. The van der Waals surface area contributed by atoms with E-state index in [0.29, 0.717) is 19.5 Å². The summed E-state index contributed by atoms with van der Waals surface area (Å²) in [5, 5.41) is 9.24. The Labute approximate surface area is 178 Å². The zero-order valence-electron chi connectivity index (χ0n) is 17.9. The number of methoxy groups -OCH3 is 1. The van der Waals surface area contributed by atoms with Gasteiger partial charge in [0.05, 0.1) is 13.2 Å². The van der Waals surface area contributed by atoms with E-state index in [4.69, 9.17) is 4.74 Å². The number of rotatable bonds is 8. The molecule has 6 nitrogen and oxygen atoms in total. The normalized spacial score (nSPS) is 17.4. The molecule has 3 N–H and O–H groups in total. The number of carbonyl (C=O) groups is 2. The number of amides is 2. The first-order valence-electron chi connectivity index (χ1n) is 10.5. The third-order valence-electron chi connectivity index (χ3n) is 5.84. The second kappa shape index (κ2) is 10.3. The Bertz CT molecular complexity index is 884. The molecule has 1 aliphatic heterocycles. The monoisotopic (exact) mass is 409 g/mol. The summed E-state index contributed by atoms with van der Waals surface area (Å²) >= 11 is 0. The molecule has 0 saturated heterocycles. The molecule has 3 atom stereocenters. The molecule has 30 heavy (non-hydrogen) atoms. The average molecular weight is 410 g/mol. The summed E-state index contributed by atoms with van der Waals surface area (Å²) in [6, 6.07) is 14.8. The van der Waals surface area contributed by atoms with Crippen molar-refractivity contribution in [3.05, 3.63) is 65.2 Å². The molecular weight excluding hydrogens is 378 g/mol. The molecule has 0 fully saturated rings. The number of para-hydroxylation sites is 1. The van der Waals surface area contributed by atoms with Crippen molar-refractivity contribution in [2.45, 2.75) is 51.9 Å². The van der Waals surface area contributed by atoms with Crippen LogP contribution in [-0.4, -0.2) is 31.0 Å². The van der Waals surface area contributed by atoms with Gasteiger partial charge in [0.15, 0.2) is 0 Å². The number of hydrogen-bond acceptors (Lipinski definition) is 4. The zero-order chi connectivity index (χ0) is 21.5. The van der Waals surface area contributed by atoms with Gasteiger partial charge in [-0.25, -0.2) is 0 Å². The molecule has 0 radical (unpaired) electrons. The highest BCUT2D eigenvalue weighted by Gasteiger charge is 2.30. The summed E-state index contributed by atoms with van der Waals surface area (Å²) in [6.07, 6.45) is 1.41. The fraction of sp³-hybridized carbons (Fsp3) is 0.417. The van der Waals surface area contributed by atoms with Crippen molar-refractivity contribution in [3.8, 4) is 5.75 Å². The second-order valence-corrected chi connectivity index (χ2v) is 7.81. The summed E-state index contributed by atoms with van der Waals surface area (Å²) < 4.78 is 5.35. The second-order valence-electron chi connectivity index (χ2n) is 7.81. The highest BCUT2D eigenvalue weighted by molar-refractivity contribution is 5.90. The maximum Gasteiger partial charge on any atom is 0.243 e. The minimum Gasteiger partial charge on any atom is -0.496 e. The molecule has 160 valence electrons. The number of hydrogen-bond donors (Lipinski definition) is 3. The first-order valence-corrected chi connectivity index (χ1v) is 10.5. The first-order chi connectivity index (χ1) is 14.5. The van der Waals surface area contributed by atoms with Crippen LogP contribution in [0.2, 0.25) is 0 Å². The lowest BCUT2D eigenvalue weighted by Gasteiger charge is -2.29. The van der Waals surface area contributed by atoms with Crippen LogP contribution in [0.25, 0.3) is 0 Å². The van der Waals surface area contributed by atoms with Crippen LogP contribution < -0.4 is 20.7 Å². The molecule has 2 aromatic rings. The van der Waals surface area contributed by atoms with Crippen LogP contribution in [-0.2, 0) is 29.1 Å². The van der Waals surface area contributed by atoms with Crippen molar-refractivity contribution in [2.75, 3.05) is 7.11 Å². The van der Waals surface area contributed by atoms with Crippen molar-refractivity contribution in [2.24, 2.45) is 5.92 Å². The van der Waals surface area contributed by atoms with Crippen molar-refractivity contribution in [3.63, 3.8) is 0 Å². The fourth-order valence-corrected chi connectivity index (χ4v) is 3.74. The van der Waals surface area contributed by atoms with Crippen LogP contribution in [0.5, 0.6) is 5.75 Å². The Morgan fingerprint density at radius 3 is 2.57 bits per heavy atom. The predicted molar refractivity (Wildman–Crippen MR) is 117 cm³/mol. The molecule has 6 heteroatoms. The van der Waals surface area contributed by atoms with Crippen LogP contribution in [0.4, 0.5) is 0 Å². The molecule has 0 aromatic heterocycles. The SMILES string of the molecule is CC[C@@H](C)[C@H](NC(=O)[C@H]1Cc2ccccc2CN1)C(=O)NCc1ccccc1OC. The smallest absolute Gasteiger partial charge is 0.243 e. The standard InChI is InChI=1S/C24H31N3O3/c1-4-16(2)22(24(29)26-15-19-11-7-8-12-21(19)30-3)27-23(28)20-13-17-9-5-6-10-18(17)14-25-20/h5-12,16,20,22,25H,4,13-15H2,1-3H3,(H,26,29)(H,27,28)/t16-,20-,22+/m1/s1. The van der Waals surface area contributed by atoms with Gasteiger partial charge in [-0.2, -0.15) is 0 Å². The van der Waals surface area contributed by atoms with Crippen molar-refractivity contribution < 1.29 is 14.3 Å². The van der Waals surface area contributed by atoms with E-state index in [1.807, 2.05) is 50.2 Å². The summed E-state index contributed by atoms with van der Waals surface area (Å²) in [7, 11) is 1.61. The van der Waals surface area contributed by atoms with Gasteiger partial charge in [-0.05, 0) is 29.5 Å². The highest BCUT2D eigenvalue weighted by Crippen LogP contribution is 2.18. The molecule has 0 aliphatic carbocycles. The molecule has 0 saturated carbocycles. The molecule has 0 spiro atoms. The van der Waals surface area contributed by atoms with Gasteiger partial charge < -0.3 is 20.7 Å². The molecule has 0 bridgehead atoms.